The number of carbonyl (C=O) groups excluding carboxylic acids is 1. The third-order valence-electron chi connectivity index (χ3n) is 1.85. The lowest BCUT2D eigenvalue weighted by molar-refractivity contribution is -0.142. The van der Waals surface area contributed by atoms with Crippen LogP contribution >= 0.6 is 0 Å². The van der Waals surface area contributed by atoms with Crippen LogP contribution in [0.3, 0.4) is 0 Å². The Balaban J connectivity index is 2.47. The van der Waals surface area contributed by atoms with Crippen LogP contribution in [0.5, 0.6) is 0 Å². The van der Waals surface area contributed by atoms with Crippen molar-refractivity contribution >= 4 is 5.97 Å². The average Bonchev–Trinajstić information content (AvgIpc) is 2.28. The molecule has 66 valence electrons. The van der Waals surface area contributed by atoms with Crippen LogP contribution in [0, 0.1) is 5.92 Å². The Morgan fingerprint density at radius 1 is 1.75 bits per heavy atom. The van der Waals surface area contributed by atoms with Gasteiger partial charge in [0.15, 0.2) is 0 Å². The molecule has 1 saturated heterocycles. The van der Waals surface area contributed by atoms with Gasteiger partial charge >= 0.3 is 5.97 Å². The zero-order valence-electron chi connectivity index (χ0n) is 7.54. The number of ether oxygens (including phenoxy) is 1. The van der Waals surface area contributed by atoms with Crippen molar-refractivity contribution in [2.75, 3.05) is 0 Å². The second-order valence-corrected chi connectivity index (χ2v) is 3.32. The van der Waals surface area contributed by atoms with Gasteiger partial charge in [0.25, 0.3) is 0 Å². The van der Waals surface area contributed by atoms with Gasteiger partial charge in [0, 0.05) is 6.42 Å². The standard InChI is InChI=1S/C10H14O2/c1-7(2)4-5-9-6-8(3)10(11)12-9/h4-5,8-9H,1,6H2,2-3H3/b5-4+/t8-,9+/m0/s1. The zero-order chi connectivity index (χ0) is 9.14. The van der Waals surface area contributed by atoms with Gasteiger partial charge in [-0.3, -0.25) is 4.79 Å². The van der Waals surface area contributed by atoms with E-state index in [9.17, 15) is 4.79 Å². The highest BCUT2D eigenvalue weighted by atomic mass is 16.5. The fraction of sp³-hybridized carbons (Fsp3) is 0.500. The van der Waals surface area contributed by atoms with E-state index in [1.54, 1.807) is 0 Å². The quantitative estimate of drug-likeness (QED) is 0.463. The highest BCUT2D eigenvalue weighted by molar-refractivity contribution is 5.74. The van der Waals surface area contributed by atoms with Gasteiger partial charge in [-0.05, 0) is 13.0 Å². The molecule has 12 heavy (non-hydrogen) atoms. The number of hydrogen-bond acceptors (Lipinski definition) is 2. The first kappa shape index (κ1) is 9.04. The molecule has 2 nitrogen and oxygen atoms in total. The summed E-state index contributed by atoms with van der Waals surface area (Å²) in [5, 5.41) is 0. The molecule has 1 heterocycles. The largest absolute Gasteiger partial charge is 0.458 e. The normalized spacial score (nSPS) is 29.3. The number of esters is 1. The van der Waals surface area contributed by atoms with Gasteiger partial charge in [-0.1, -0.05) is 25.2 Å². The van der Waals surface area contributed by atoms with Gasteiger partial charge in [0.05, 0.1) is 5.92 Å². The van der Waals surface area contributed by atoms with E-state index in [0.717, 1.165) is 12.0 Å². The van der Waals surface area contributed by atoms with Crippen LogP contribution in [0.15, 0.2) is 24.3 Å². The van der Waals surface area contributed by atoms with Gasteiger partial charge in [-0.2, -0.15) is 0 Å². The first-order valence-electron chi connectivity index (χ1n) is 4.14. The number of hydrogen-bond donors (Lipinski definition) is 0. The molecule has 1 aliphatic rings. The first-order valence-corrected chi connectivity index (χ1v) is 4.14. The first-order chi connectivity index (χ1) is 5.59. The molecule has 1 rings (SSSR count). The Hall–Kier alpha value is -1.05. The predicted molar refractivity (Wildman–Crippen MR) is 47.6 cm³/mol. The van der Waals surface area contributed by atoms with Crippen LogP contribution in [0.1, 0.15) is 20.3 Å². The molecule has 0 aromatic heterocycles. The Bertz CT molecular complexity index is 228. The van der Waals surface area contributed by atoms with E-state index in [-0.39, 0.29) is 18.0 Å². The van der Waals surface area contributed by atoms with Gasteiger partial charge in [-0.15, -0.1) is 0 Å². The lowest BCUT2D eigenvalue weighted by Gasteiger charge is -2.00. The smallest absolute Gasteiger partial charge is 0.309 e. The summed E-state index contributed by atoms with van der Waals surface area (Å²) in [7, 11) is 0. The van der Waals surface area contributed by atoms with Crippen molar-refractivity contribution in [3.8, 4) is 0 Å². The zero-order valence-corrected chi connectivity index (χ0v) is 7.54. The van der Waals surface area contributed by atoms with Crippen molar-refractivity contribution in [2.24, 2.45) is 5.92 Å². The summed E-state index contributed by atoms with van der Waals surface area (Å²) < 4.78 is 5.06. The minimum Gasteiger partial charge on any atom is -0.458 e. The molecule has 2 atom stereocenters. The molecule has 0 aromatic rings. The van der Waals surface area contributed by atoms with Crippen LogP contribution in [-0.2, 0) is 9.53 Å². The Labute approximate surface area is 72.9 Å². The lowest BCUT2D eigenvalue weighted by atomic mass is 10.1. The molecule has 0 N–H and O–H groups in total. The minimum atomic E-state index is -0.0913. The summed E-state index contributed by atoms with van der Waals surface area (Å²) in [5.74, 6) is -0.0452. The van der Waals surface area contributed by atoms with E-state index in [1.807, 2.05) is 26.0 Å². The third kappa shape index (κ3) is 2.22. The summed E-state index contributed by atoms with van der Waals surface area (Å²) in [4.78, 5) is 11.0. The molecular weight excluding hydrogens is 152 g/mol. The molecule has 0 bridgehead atoms. The maximum absolute atomic E-state index is 11.0. The van der Waals surface area contributed by atoms with Crippen LogP contribution in [0.2, 0.25) is 0 Å². The molecule has 0 aromatic carbocycles. The lowest BCUT2D eigenvalue weighted by Crippen LogP contribution is -2.03. The second-order valence-electron chi connectivity index (χ2n) is 3.32. The Kier molecular flexibility index (Phi) is 2.69. The van der Waals surface area contributed by atoms with E-state index in [4.69, 9.17) is 4.74 Å². The molecule has 0 saturated carbocycles. The molecule has 0 spiro atoms. The summed E-state index contributed by atoms with van der Waals surface area (Å²) in [5.41, 5.74) is 0.977. The van der Waals surface area contributed by atoms with Crippen molar-refractivity contribution in [3.63, 3.8) is 0 Å². The number of cyclic esters (lactones) is 1. The van der Waals surface area contributed by atoms with Crippen molar-refractivity contribution in [2.45, 2.75) is 26.4 Å². The average molecular weight is 166 g/mol. The fourth-order valence-electron chi connectivity index (χ4n) is 1.15. The molecule has 1 aliphatic heterocycles. The van der Waals surface area contributed by atoms with E-state index < -0.39 is 0 Å². The second kappa shape index (κ2) is 3.57. The molecular formula is C10H14O2. The molecule has 0 unspecified atom stereocenters. The predicted octanol–water partition coefficient (Wildman–Crippen LogP) is 2.07. The monoisotopic (exact) mass is 166 g/mol. The fourth-order valence-corrected chi connectivity index (χ4v) is 1.15. The SMILES string of the molecule is C=C(C)/C=C/[C@@H]1C[C@H](C)C(=O)O1. The van der Waals surface area contributed by atoms with Gasteiger partial charge in [0.2, 0.25) is 0 Å². The van der Waals surface area contributed by atoms with Crippen LogP contribution in [0.4, 0.5) is 0 Å². The number of carbonyl (C=O) groups is 1. The van der Waals surface area contributed by atoms with Crippen LogP contribution in [-0.4, -0.2) is 12.1 Å². The van der Waals surface area contributed by atoms with Crippen LogP contribution in [0.25, 0.3) is 0 Å². The van der Waals surface area contributed by atoms with Crippen molar-refractivity contribution < 1.29 is 9.53 Å². The van der Waals surface area contributed by atoms with Crippen molar-refractivity contribution in [3.05, 3.63) is 24.3 Å². The highest BCUT2D eigenvalue weighted by Crippen LogP contribution is 2.21. The third-order valence-corrected chi connectivity index (χ3v) is 1.85. The number of rotatable bonds is 2. The number of allylic oxidation sites excluding steroid dienone is 2. The molecule has 1 fully saturated rings. The van der Waals surface area contributed by atoms with Crippen molar-refractivity contribution in [1.29, 1.82) is 0 Å². The van der Waals surface area contributed by atoms with E-state index in [2.05, 4.69) is 6.58 Å². The highest BCUT2D eigenvalue weighted by Gasteiger charge is 2.28. The summed E-state index contributed by atoms with van der Waals surface area (Å²) >= 11 is 0. The maximum atomic E-state index is 11.0. The molecule has 0 amide bonds. The van der Waals surface area contributed by atoms with Crippen molar-refractivity contribution in [1.82, 2.24) is 0 Å². The van der Waals surface area contributed by atoms with E-state index in [0.29, 0.717) is 0 Å². The molecule has 0 aliphatic carbocycles. The van der Waals surface area contributed by atoms with Gasteiger partial charge in [0.1, 0.15) is 6.10 Å². The summed E-state index contributed by atoms with van der Waals surface area (Å²) in [6.45, 7) is 7.53. The van der Waals surface area contributed by atoms with Crippen LogP contribution < -0.4 is 0 Å². The van der Waals surface area contributed by atoms with Gasteiger partial charge in [-0.25, -0.2) is 0 Å². The maximum Gasteiger partial charge on any atom is 0.309 e. The van der Waals surface area contributed by atoms with E-state index >= 15 is 0 Å². The molecule has 0 radical (unpaired) electrons. The minimum absolute atomic E-state index is 0.0378. The Morgan fingerprint density at radius 3 is 2.83 bits per heavy atom. The Morgan fingerprint density at radius 2 is 2.42 bits per heavy atom. The summed E-state index contributed by atoms with van der Waals surface area (Å²) in [6.07, 6.45) is 4.53. The van der Waals surface area contributed by atoms with E-state index in [1.165, 1.54) is 0 Å². The summed E-state index contributed by atoms with van der Waals surface area (Å²) in [6, 6.07) is 0. The topological polar surface area (TPSA) is 26.3 Å². The molecule has 2 heteroatoms. The van der Waals surface area contributed by atoms with Gasteiger partial charge < -0.3 is 4.74 Å².